The number of alkyl halides is 1. The lowest BCUT2D eigenvalue weighted by Gasteiger charge is -2.43. The predicted molar refractivity (Wildman–Crippen MR) is 61.1 cm³/mol. The van der Waals surface area contributed by atoms with E-state index in [0.717, 1.165) is 0 Å². The van der Waals surface area contributed by atoms with E-state index in [1.165, 1.54) is 6.33 Å². The molecular formula is C10H16FN5O. The Morgan fingerprint density at radius 2 is 2.24 bits per heavy atom. The summed E-state index contributed by atoms with van der Waals surface area (Å²) in [7, 11) is 0. The third-order valence-corrected chi connectivity index (χ3v) is 3.00. The number of aliphatic hydroxyl groups is 1. The Hall–Kier alpha value is -1.50. The van der Waals surface area contributed by atoms with Crippen LogP contribution >= 0.6 is 0 Å². The summed E-state index contributed by atoms with van der Waals surface area (Å²) in [5.41, 5.74) is 4.91. The molecular weight excluding hydrogens is 225 g/mol. The molecule has 1 saturated heterocycles. The monoisotopic (exact) mass is 241 g/mol. The summed E-state index contributed by atoms with van der Waals surface area (Å²) < 4.78 is 13.7. The molecule has 0 saturated carbocycles. The molecule has 17 heavy (non-hydrogen) atoms. The maximum Gasteiger partial charge on any atom is 0.230 e. The van der Waals surface area contributed by atoms with Crippen LogP contribution in [0.15, 0.2) is 6.33 Å². The van der Waals surface area contributed by atoms with Crippen LogP contribution in [0.3, 0.4) is 0 Å². The molecule has 0 bridgehead atoms. The van der Waals surface area contributed by atoms with Crippen LogP contribution in [0.25, 0.3) is 0 Å². The van der Waals surface area contributed by atoms with Gasteiger partial charge < -0.3 is 15.7 Å². The number of hydrogen-bond acceptors (Lipinski definition) is 6. The molecule has 3 N–H and O–H groups in total. The Bertz CT molecular complexity index is 413. The van der Waals surface area contributed by atoms with Crippen LogP contribution < -0.4 is 10.6 Å². The fraction of sp³-hybridized carbons (Fsp3) is 0.700. The summed E-state index contributed by atoms with van der Waals surface area (Å²) in [6, 6.07) is 0. The van der Waals surface area contributed by atoms with Crippen molar-refractivity contribution in [2.75, 3.05) is 23.7 Å². The van der Waals surface area contributed by atoms with Gasteiger partial charge in [-0.15, -0.1) is 0 Å². The van der Waals surface area contributed by atoms with Crippen LogP contribution in [0.5, 0.6) is 0 Å². The second kappa shape index (κ2) is 4.06. The topological polar surface area (TPSA) is 88.2 Å². The fourth-order valence-corrected chi connectivity index (χ4v) is 2.05. The molecule has 6 nitrogen and oxygen atoms in total. The number of aromatic nitrogens is 3. The molecule has 0 amide bonds. The molecule has 1 fully saturated rings. The lowest BCUT2D eigenvalue weighted by molar-refractivity contribution is -0.0257. The molecule has 0 aliphatic carbocycles. The van der Waals surface area contributed by atoms with E-state index >= 15 is 0 Å². The van der Waals surface area contributed by atoms with Crippen molar-refractivity contribution >= 4 is 11.9 Å². The first-order chi connectivity index (χ1) is 7.90. The lowest BCUT2D eigenvalue weighted by atomic mass is 9.80. The summed E-state index contributed by atoms with van der Waals surface area (Å²) in [5, 5.41) is 9.75. The van der Waals surface area contributed by atoms with Crippen LogP contribution in [-0.2, 0) is 0 Å². The van der Waals surface area contributed by atoms with E-state index in [1.54, 1.807) is 18.7 Å². The number of halogens is 1. The molecule has 0 spiro atoms. The number of anilines is 2. The molecule has 7 heteroatoms. The van der Waals surface area contributed by atoms with Gasteiger partial charge in [-0.3, -0.25) is 0 Å². The highest BCUT2D eigenvalue weighted by Gasteiger charge is 2.42. The van der Waals surface area contributed by atoms with Crippen LogP contribution in [0.4, 0.5) is 16.3 Å². The molecule has 1 aromatic heterocycles. The average molecular weight is 241 g/mol. The normalized spacial score (nSPS) is 28.1. The fourth-order valence-electron chi connectivity index (χ4n) is 2.05. The molecule has 1 aromatic rings. The van der Waals surface area contributed by atoms with Crippen LogP contribution in [0, 0.1) is 5.41 Å². The van der Waals surface area contributed by atoms with Gasteiger partial charge in [-0.2, -0.15) is 4.98 Å². The minimum Gasteiger partial charge on any atom is -0.389 e. The zero-order chi connectivity index (χ0) is 12.6. The molecule has 0 aromatic carbocycles. The summed E-state index contributed by atoms with van der Waals surface area (Å²) in [4.78, 5) is 13.3. The van der Waals surface area contributed by atoms with Crippen molar-refractivity contribution in [2.45, 2.75) is 26.1 Å². The molecule has 1 aliphatic rings. The van der Waals surface area contributed by atoms with Crippen LogP contribution in [0.1, 0.15) is 13.8 Å². The molecule has 2 atom stereocenters. The Kier molecular flexibility index (Phi) is 2.86. The van der Waals surface area contributed by atoms with Gasteiger partial charge >= 0.3 is 0 Å². The zero-order valence-electron chi connectivity index (χ0n) is 9.84. The largest absolute Gasteiger partial charge is 0.389 e. The van der Waals surface area contributed by atoms with Crippen molar-refractivity contribution in [3.63, 3.8) is 0 Å². The number of rotatable bonds is 1. The Balaban J connectivity index is 2.24. The zero-order valence-corrected chi connectivity index (χ0v) is 9.84. The first-order valence-electron chi connectivity index (χ1n) is 5.42. The second-order valence-electron chi connectivity index (χ2n) is 4.97. The van der Waals surface area contributed by atoms with Gasteiger partial charge in [0.25, 0.3) is 0 Å². The van der Waals surface area contributed by atoms with Gasteiger partial charge in [0.2, 0.25) is 11.9 Å². The third kappa shape index (κ3) is 2.28. The van der Waals surface area contributed by atoms with Gasteiger partial charge in [-0.1, -0.05) is 13.8 Å². The Morgan fingerprint density at radius 1 is 1.53 bits per heavy atom. The van der Waals surface area contributed by atoms with E-state index in [2.05, 4.69) is 15.0 Å². The third-order valence-electron chi connectivity index (χ3n) is 3.00. The first kappa shape index (κ1) is 12.0. The maximum absolute atomic E-state index is 13.7. The smallest absolute Gasteiger partial charge is 0.230 e. The van der Waals surface area contributed by atoms with Gasteiger partial charge in [-0.25, -0.2) is 14.4 Å². The minimum absolute atomic E-state index is 0.0635. The van der Waals surface area contributed by atoms with Crippen molar-refractivity contribution in [1.29, 1.82) is 0 Å². The highest BCUT2D eigenvalue weighted by molar-refractivity contribution is 5.35. The molecule has 2 rings (SSSR count). The minimum atomic E-state index is -1.32. The van der Waals surface area contributed by atoms with Gasteiger partial charge in [0.05, 0.1) is 12.6 Å². The van der Waals surface area contributed by atoms with E-state index in [1.807, 2.05) is 0 Å². The molecule has 1 aliphatic heterocycles. The van der Waals surface area contributed by atoms with Gasteiger partial charge in [0, 0.05) is 12.0 Å². The highest BCUT2D eigenvalue weighted by Crippen LogP contribution is 2.32. The summed E-state index contributed by atoms with van der Waals surface area (Å²) in [6.07, 6.45) is -1.00. The predicted octanol–water partition coefficient (Wildman–Crippen LogP) is -0.00100. The SMILES string of the molecule is CC1(C)CN(c2ncnc(N)n2)C[C@H](F)[C@@H]1O. The van der Waals surface area contributed by atoms with Crippen LogP contribution in [0.2, 0.25) is 0 Å². The van der Waals surface area contributed by atoms with E-state index in [0.29, 0.717) is 12.5 Å². The summed E-state index contributed by atoms with van der Waals surface area (Å²) in [6.45, 7) is 4.15. The Morgan fingerprint density at radius 3 is 2.82 bits per heavy atom. The molecule has 2 heterocycles. The van der Waals surface area contributed by atoms with Crippen molar-refractivity contribution in [3.8, 4) is 0 Å². The van der Waals surface area contributed by atoms with Crippen molar-refractivity contribution < 1.29 is 9.50 Å². The highest BCUT2D eigenvalue weighted by atomic mass is 19.1. The number of aliphatic hydroxyl groups excluding tert-OH is 1. The number of nitrogens with two attached hydrogens (primary N) is 1. The molecule has 0 unspecified atom stereocenters. The van der Waals surface area contributed by atoms with Crippen molar-refractivity contribution in [3.05, 3.63) is 6.33 Å². The number of nitrogen functional groups attached to an aromatic ring is 1. The van der Waals surface area contributed by atoms with E-state index in [4.69, 9.17) is 5.73 Å². The van der Waals surface area contributed by atoms with Gasteiger partial charge in [0.1, 0.15) is 12.5 Å². The molecule has 94 valence electrons. The van der Waals surface area contributed by atoms with Crippen molar-refractivity contribution in [1.82, 2.24) is 15.0 Å². The average Bonchev–Trinajstić information content (AvgIpc) is 2.25. The number of nitrogens with zero attached hydrogens (tertiary/aromatic N) is 4. The van der Waals surface area contributed by atoms with Crippen molar-refractivity contribution in [2.24, 2.45) is 5.41 Å². The van der Waals surface area contributed by atoms with E-state index in [9.17, 15) is 9.50 Å². The lowest BCUT2D eigenvalue weighted by Crippen LogP contribution is -2.55. The van der Waals surface area contributed by atoms with E-state index in [-0.39, 0.29) is 12.5 Å². The Labute approximate surface area is 98.7 Å². The van der Waals surface area contributed by atoms with Gasteiger partial charge in [-0.05, 0) is 0 Å². The quantitative estimate of drug-likeness (QED) is 0.719. The van der Waals surface area contributed by atoms with E-state index < -0.39 is 17.7 Å². The number of piperidine rings is 1. The van der Waals surface area contributed by atoms with Gasteiger partial charge in [0.15, 0.2) is 0 Å². The summed E-state index contributed by atoms with van der Waals surface area (Å²) >= 11 is 0. The first-order valence-corrected chi connectivity index (χ1v) is 5.42. The number of hydrogen-bond donors (Lipinski definition) is 2. The summed E-state index contributed by atoms with van der Waals surface area (Å²) in [5.74, 6) is 0.453. The maximum atomic E-state index is 13.7. The second-order valence-corrected chi connectivity index (χ2v) is 4.97. The standard InChI is InChI=1S/C10H16FN5O/c1-10(2)4-16(3-6(11)7(10)17)9-14-5-13-8(12)15-9/h5-7,17H,3-4H2,1-2H3,(H2,12,13,14,15)/t6-,7-/m0/s1. The van der Waals surface area contributed by atoms with Crippen LogP contribution in [-0.4, -0.2) is 45.4 Å². The molecule has 0 radical (unpaired) electrons.